The molecule has 0 fully saturated rings. The maximum absolute atomic E-state index is 9.15. The molecule has 0 heterocycles. The lowest BCUT2D eigenvalue weighted by molar-refractivity contribution is 0.187. The number of benzene rings is 1. The summed E-state index contributed by atoms with van der Waals surface area (Å²) in [5, 5.41) is 20.9. The van der Waals surface area contributed by atoms with Crippen molar-refractivity contribution in [3.63, 3.8) is 0 Å². The molecular formula is C13H18N2O2. The molecule has 0 aliphatic heterocycles. The Kier molecular flexibility index (Phi) is 4.95. The SMILES string of the molecule is CC(C)(CO)NCc1ccccc1OCC#N. The van der Waals surface area contributed by atoms with Crippen LogP contribution in [0.4, 0.5) is 0 Å². The molecule has 1 rings (SSSR count). The monoisotopic (exact) mass is 234 g/mol. The van der Waals surface area contributed by atoms with Crippen molar-refractivity contribution in [2.24, 2.45) is 0 Å². The van der Waals surface area contributed by atoms with Crippen molar-refractivity contribution in [3.8, 4) is 11.8 Å². The van der Waals surface area contributed by atoms with E-state index in [1.54, 1.807) is 0 Å². The van der Waals surface area contributed by atoms with Gasteiger partial charge in [0.05, 0.1) is 6.61 Å². The number of hydrogen-bond acceptors (Lipinski definition) is 4. The number of para-hydroxylation sites is 1. The molecule has 4 nitrogen and oxygen atoms in total. The first-order valence-electron chi connectivity index (χ1n) is 5.52. The van der Waals surface area contributed by atoms with E-state index >= 15 is 0 Å². The Balaban J connectivity index is 2.67. The highest BCUT2D eigenvalue weighted by Crippen LogP contribution is 2.18. The average molecular weight is 234 g/mol. The number of ether oxygens (including phenoxy) is 1. The van der Waals surface area contributed by atoms with Gasteiger partial charge in [0, 0.05) is 17.6 Å². The predicted octanol–water partition coefficient (Wildman–Crippen LogP) is 1.45. The molecule has 0 aliphatic rings. The fourth-order valence-corrected chi connectivity index (χ4v) is 1.29. The molecule has 0 aliphatic carbocycles. The summed E-state index contributed by atoms with van der Waals surface area (Å²) >= 11 is 0. The van der Waals surface area contributed by atoms with E-state index in [-0.39, 0.29) is 18.8 Å². The summed E-state index contributed by atoms with van der Waals surface area (Å²) in [6, 6.07) is 9.50. The first-order valence-corrected chi connectivity index (χ1v) is 5.52. The van der Waals surface area contributed by atoms with Crippen LogP contribution in [0, 0.1) is 11.3 Å². The molecule has 0 amide bonds. The minimum atomic E-state index is -0.331. The number of hydrogen-bond donors (Lipinski definition) is 2. The van der Waals surface area contributed by atoms with Gasteiger partial charge in [-0.2, -0.15) is 5.26 Å². The van der Waals surface area contributed by atoms with Crippen molar-refractivity contribution >= 4 is 0 Å². The van der Waals surface area contributed by atoms with Crippen molar-refractivity contribution in [3.05, 3.63) is 29.8 Å². The largest absolute Gasteiger partial charge is 0.478 e. The quantitative estimate of drug-likeness (QED) is 0.782. The zero-order valence-corrected chi connectivity index (χ0v) is 10.2. The van der Waals surface area contributed by atoms with E-state index in [1.807, 2.05) is 44.2 Å². The second-order valence-corrected chi connectivity index (χ2v) is 4.45. The van der Waals surface area contributed by atoms with E-state index in [4.69, 9.17) is 15.1 Å². The van der Waals surface area contributed by atoms with Gasteiger partial charge in [0.1, 0.15) is 11.8 Å². The van der Waals surface area contributed by atoms with Crippen LogP contribution in [-0.4, -0.2) is 23.9 Å². The molecule has 1 aromatic carbocycles. The van der Waals surface area contributed by atoms with Crippen molar-refractivity contribution in [1.82, 2.24) is 5.32 Å². The highest BCUT2D eigenvalue weighted by Gasteiger charge is 2.15. The molecule has 0 unspecified atom stereocenters. The summed E-state index contributed by atoms with van der Waals surface area (Å²) in [6.45, 7) is 4.54. The zero-order chi connectivity index (χ0) is 12.7. The van der Waals surface area contributed by atoms with Crippen LogP contribution in [-0.2, 0) is 6.54 Å². The predicted molar refractivity (Wildman–Crippen MR) is 65.6 cm³/mol. The van der Waals surface area contributed by atoms with Crippen LogP contribution in [0.25, 0.3) is 0 Å². The molecule has 0 aromatic heterocycles. The standard InChI is InChI=1S/C13H18N2O2/c1-13(2,10-16)15-9-11-5-3-4-6-12(11)17-8-7-14/h3-6,15-16H,8-10H2,1-2H3. The first-order chi connectivity index (χ1) is 8.09. The minimum absolute atomic E-state index is 0.0421. The van der Waals surface area contributed by atoms with Crippen LogP contribution in [0.1, 0.15) is 19.4 Å². The van der Waals surface area contributed by atoms with Crippen LogP contribution in [0.3, 0.4) is 0 Å². The summed E-state index contributed by atoms with van der Waals surface area (Å²) in [6.07, 6.45) is 0. The number of rotatable bonds is 6. The average Bonchev–Trinajstić information content (AvgIpc) is 2.35. The molecular weight excluding hydrogens is 216 g/mol. The molecule has 0 saturated heterocycles. The second-order valence-electron chi connectivity index (χ2n) is 4.45. The Morgan fingerprint density at radius 1 is 1.41 bits per heavy atom. The number of nitrogens with one attached hydrogen (secondary N) is 1. The van der Waals surface area contributed by atoms with E-state index in [0.29, 0.717) is 12.3 Å². The van der Waals surface area contributed by atoms with Crippen molar-refractivity contribution in [2.75, 3.05) is 13.2 Å². The lowest BCUT2D eigenvalue weighted by Crippen LogP contribution is -2.42. The van der Waals surface area contributed by atoms with Gasteiger partial charge in [0.15, 0.2) is 6.61 Å². The maximum atomic E-state index is 9.15. The van der Waals surface area contributed by atoms with Crippen molar-refractivity contribution in [1.29, 1.82) is 5.26 Å². The molecule has 2 N–H and O–H groups in total. The third-order valence-corrected chi connectivity index (χ3v) is 2.42. The number of aliphatic hydroxyl groups is 1. The zero-order valence-electron chi connectivity index (χ0n) is 10.2. The molecule has 4 heteroatoms. The molecule has 0 saturated carbocycles. The Morgan fingerprint density at radius 2 is 2.12 bits per heavy atom. The Hall–Kier alpha value is -1.57. The fraction of sp³-hybridized carbons (Fsp3) is 0.462. The van der Waals surface area contributed by atoms with Gasteiger partial charge in [-0.25, -0.2) is 0 Å². The van der Waals surface area contributed by atoms with Gasteiger partial charge >= 0.3 is 0 Å². The highest BCUT2D eigenvalue weighted by atomic mass is 16.5. The summed E-state index contributed by atoms with van der Waals surface area (Å²) in [7, 11) is 0. The summed E-state index contributed by atoms with van der Waals surface area (Å²) < 4.78 is 5.32. The van der Waals surface area contributed by atoms with E-state index in [1.165, 1.54) is 0 Å². The maximum Gasteiger partial charge on any atom is 0.174 e. The van der Waals surface area contributed by atoms with Gasteiger partial charge < -0.3 is 15.2 Å². The van der Waals surface area contributed by atoms with Gasteiger partial charge in [-0.15, -0.1) is 0 Å². The normalized spacial score (nSPS) is 10.9. The van der Waals surface area contributed by atoms with Gasteiger partial charge in [0.25, 0.3) is 0 Å². The van der Waals surface area contributed by atoms with Crippen LogP contribution >= 0.6 is 0 Å². The number of nitriles is 1. The molecule has 0 atom stereocenters. The van der Waals surface area contributed by atoms with E-state index in [2.05, 4.69) is 5.32 Å². The number of aliphatic hydroxyl groups excluding tert-OH is 1. The Bertz CT molecular complexity index is 397. The van der Waals surface area contributed by atoms with Crippen molar-refractivity contribution in [2.45, 2.75) is 25.9 Å². The Labute approximate surface area is 102 Å². The van der Waals surface area contributed by atoms with Crippen LogP contribution < -0.4 is 10.1 Å². The smallest absolute Gasteiger partial charge is 0.174 e. The lowest BCUT2D eigenvalue weighted by Gasteiger charge is -2.24. The molecule has 1 aromatic rings. The fourth-order valence-electron chi connectivity index (χ4n) is 1.29. The third-order valence-electron chi connectivity index (χ3n) is 2.42. The summed E-state index contributed by atoms with van der Waals surface area (Å²) in [4.78, 5) is 0. The molecule has 92 valence electrons. The number of nitrogens with zero attached hydrogens (tertiary/aromatic N) is 1. The van der Waals surface area contributed by atoms with Gasteiger partial charge in [0.2, 0.25) is 0 Å². The third kappa shape index (κ3) is 4.43. The van der Waals surface area contributed by atoms with E-state index < -0.39 is 0 Å². The van der Waals surface area contributed by atoms with Crippen LogP contribution in [0.5, 0.6) is 5.75 Å². The van der Waals surface area contributed by atoms with Crippen LogP contribution in [0.15, 0.2) is 24.3 Å². The topological polar surface area (TPSA) is 65.3 Å². The molecule has 0 spiro atoms. The highest BCUT2D eigenvalue weighted by molar-refractivity contribution is 5.33. The van der Waals surface area contributed by atoms with Crippen molar-refractivity contribution < 1.29 is 9.84 Å². The molecule has 0 bridgehead atoms. The molecule has 17 heavy (non-hydrogen) atoms. The summed E-state index contributed by atoms with van der Waals surface area (Å²) in [5.41, 5.74) is 0.645. The van der Waals surface area contributed by atoms with Gasteiger partial charge in [-0.1, -0.05) is 18.2 Å². The summed E-state index contributed by atoms with van der Waals surface area (Å²) in [5.74, 6) is 0.704. The molecule has 0 radical (unpaired) electrons. The van der Waals surface area contributed by atoms with Gasteiger partial charge in [-0.3, -0.25) is 0 Å². The minimum Gasteiger partial charge on any atom is -0.478 e. The van der Waals surface area contributed by atoms with Crippen LogP contribution in [0.2, 0.25) is 0 Å². The Morgan fingerprint density at radius 3 is 2.76 bits per heavy atom. The van der Waals surface area contributed by atoms with Gasteiger partial charge in [-0.05, 0) is 19.9 Å². The second kappa shape index (κ2) is 6.24. The van der Waals surface area contributed by atoms with E-state index in [9.17, 15) is 0 Å². The first kappa shape index (κ1) is 13.5. The van der Waals surface area contributed by atoms with E-state index in [0.717, 1.165) is 5.56 Å². The lowest BCUT2D eigenvalue weighted by atomic mass is 10.1.